The first-order valence-electron chi connectivity index (χ1n) is 6.52. The van der Waals surface area contributed by atoms with E-state index in [4.69, 9.17) is 10.5 Å². The Morgan fingerprint density at radius 2 is 1.88 bits per heavy atom. The third-order valence-corrected chi connectivity index (χ3v) is 5.09. The molecule has 2 N–H and O–H groups in total. The van der Waals surface area contributed by atoms with E-state index in [-0.39, 0.29) is 11.0 Å². The fraction of sp³-hybridized carbons (Fsp3) is 1.00. The van der Waals surface area contributed by atoms with Gasteiger partial charge in [-0.3, -0.25) is 4.90 Å². The number of nitrogens with two attached hydrogens (primary N) is 1. The van der Waals surface area contributed by atoms with Crippen LogP contribution in [0.4, 0.5) is 0 Å². The highest BCUT2D eigenvalue weighted by Gasteiger charge is 2.49. The number of hydrogen-bond donors (Lipinski definition) is 1. The van der Waals surface area contributed by atoms with Crippen molar-refractivity contribution < 1.29 is 4.74 Å². The minimum Gasteiger partial charge on any atom is -0.379 e. The van der Waals surface area contributed by atoms with Gasteiger partial charge in [0.2, 0.25) is 0 Å². The van der Waals surface area contributed by atoms with Gasteiger partial charge in [0.05, 0.1) is 13.2 Å². The number of rotatable bonds is 2. The minimum atomic E-state index is 0.00392. The van der Waals surface area contributed by atoms with Gasteiger partial charge in [-0.25, -0.2) is 0 Å². The predicted molar refractivity (Wildman–Crippen MR) is 66.4 cm³/mol. The zero-order valence-corrected chi connectivity index (χ0v) is 11.0. The molecule has 0 spiro atoms. The molecule has 94 valence electrons. The van der Waals surface area contributed by atoms with Crippen LogP contribution < -0.4 is 5.73 Å². The van der Waals surface area contributed by atoms with E-state index >= 15 is 0 Å². The molecule has 1 heterocycles. The Labute approximate surface area is 99.3 Å². The summed E-state index contributed by atoms with van der Waals surface area (Å²) in [6.07, 6.45) is 2.44. The van der Waals surface area contributed by atoms with Crippen molar-refractivity contribution in [1.29, 1.82) is 0 Å². The molecule has 1 saturated carbocycles. The Bertz CT molecular complexity index is 244. The summed E-state index contributed by atoms with van der Waals surface area (Å²) in [6, 6.07) is 0. The monoisotopic (exact) mass is 226 g/mol. The van der Waals surface area contributed by atoms with Gasteiger partial charge in [0.15, 0.2) is 0 Å². The predicted octanol–water partition coefficient (Wildman–Crippen LogP) is 1.47. The van der Waals surface area contributed by atoms with Gasteiger partial charge in [-0.15, -0.1) is 0 Å². The van der Waals surface area contributed by atoms with Crippen LogP contribution in [0.15, 0.2) is 0 Å². The SMILES string of the molecule is CC1(C)[C@@H](CN2CCOCC2)CC[C@@]1(C)N. The molecule has 16 heavy (non-hydrogen) atoms. The average molecular weight is 226 g/mol. The zero-order chi connectivity index (χ0) is 11.8. The van der Waals surface area contributed by atoms with Crippen LogP contribution >= 0.6 is 0 Å². The maximum atomic E-state index is 6.41. The summed E-state index contributed by atoms with van der Waals surface area (Å²) < 4.78 is 5.39. The number of nitrogens with zero attached hydrogens (tertiary/aromatic N) is 1. The zero-order valence-electron chi connectivity index (χ0n) is 11.0. The molecule has 1 saturated heterocycles. The summed E-state index contributed by atoms with van der Waals surface area (Å²) in [5.74, 6) is 0.737. The van der Waals surface area contributed by atoms with Crippen molar-refractivity contribution in [2.45, 2.75) is 39.2 Å². The smallest absolute Gasteiger partial charge is 0.0594 e. The third kappa shape index (κ3) is 2.13. The molecular weight excluding hydrogens is 200 g/mol. The first-order valence-corrected chi connectivity index (χ1v) is 6.52. The molecule has 0 aromatic rings. The molecule has 2 aliphatic rings. The molecule has 1 aliphatic heterocycles. The number of morpholine rings is 1. The first kappa shape index (κ1) is 12.3. The third-order valence-electron chi connectivity index (χ3n) is 5.09. The molecule has 0 radical (unpaired) electrons. The first-order chi connectivity index (χ1) is 7.43. The second-order valence-corrected chi connectivity index (χ2v) is 6.29. The van der Waals surface area contributed by atoms with Crippen molar-refractivity contribution in [3.8, 4) is 0 Å². The highest BCUT2D eigenvalue weighted by Crippen LogP contribution is 2.48. The van der Waals surface area contributed by atoms with E-state index < -0.39 is 0 Å². The molecule has 0 unspecified atom stereocenters. The van der Waals surface area contributed by atoms with Gasteiger partial charge in [-0.05, 0) is 31.1 Å². The van der Waals surface area contributed by atoms with Crippen molar-refractivity contribution in [1.82, 2.24) is 4.90 Å². The lowest BCUT2D eigenvalue weighted by Crippen LogP contribution is -2.50. The van der Waals surface area contributed by atoms with E-state index in [0.717, 1.165) is 38.6 Å². The largest absolute Gasteiger partial charge is 0.379 e. The van der Waals surface area contributed by atoms with Gasteiger partial charge < -0.3 is 10.5 Å². The van der Waals surface area contributed by atoms with Crippen LogP contribution in [0, 0.1) is 11.3 Å². The summed E-state index contributed by atoms with van der Waals surface area (Å²) in [5.41, 5.74) is 6.67. The van der Waals surface area contributed by atoms with E-state index in [1.54, 1.807) is 0 Å². The summed E-state index contributed by atoms with van der Waals surface area (Å²) >= 11 is 0. The van der Waals surface area contributed by atoms with E-state index in [9.17, 15) is 0 Å². The van der Waals surface area contributed by atoms with Crippen molar-refractivity contribution in [2.75, 3.05) is 32.8 Å². The van der Waals surface area contributed by atoms with E-state index in [1.165, 1.54) is 13.0 Å². The maximum Gasteiger partial charge on any atom is 0.0594 e. The van der Waals surface area contributed by atoms with Crippen LogP contribution in [0.1, 0.15) is 33.6 Å². The van der Waals surface area contributed by atoms with Gasteiger partial charge in [0.25, 0.3) is 0 Å². The van der Waals surface area contributed by atoms with Crippen LogP contribution in [-0.4, -0.2) is 43.3 Å². The number of ether oxygens (including phenoxy) is 1. The van der Waals surface area contributed by atoms with E-state index in [2.05, 4.69) is 25.7 Å². The van der Waals surface area contributed by atoms with Crippen molar-refractivity contribution in [2.24, 2.45) is 17.1 Å². The molecule has 2 rings (SSSR count). The second kappa shape index (κ2) is 4.28. The van der Waals surface area contributed by atoms with Gasteiger partial charge in [-0.2, -0.15) is 0 Å². The van der Waals surface area contributed by atoms with Gasteiger partial charge in [-0.1, -0.05) is 13.8 Å². The molecule has 2 atom stereocenters. The van der Waals surface area contributed by atoms with Crippen LogP contribution in [0.3, 0.4) is 0 Å². The van der Waals surface area contributed by atoms with Crippen LogP contribution in [0.25, 0.3) is 0 Å². The Morgan fingerprint density at radius 1 is 1.25 bits per heavy atom. The molecular formula is C13H26N2O. The molecule has 0 aromatic carbocycles. The van der Waals surface area contributed by atoms with Gasteiger partial charge >= 0.3 is 0 Å². The Balaban J connectivity index is 1.95. The highest BCUT2D eigenvalue weighted by atomic mass is 16.5. The molecule has 0 bridgehead atoms. The van der Waals surface area contributed by atoms with Gasteiger partial charge in [0, 0.05) is 25.2 Å². The normalized spacial score (nSPS) is 40.1. The van der Waals surface area contributed by atoms with Gasteiger partial charge in [0.1, 0.15) is 0 Å². The Kier molecular flexibility index (Phi) is 3.30. The summed E-state index contributed by atoms with van der Waals surface area (Å²) in [6.45, 7) is 12.1. The lowest BCUT2D eigenvalue weighted by atomic mass is 9.71. The Hall–Kier alpha value is -0.120. The Morgan fingerprint density at radius 3 is 2.38 bits per heavy atom. The summed E-state index contributed by atoms with van der Waals surface area (Å²) in [7, 11) is 0. The van der Waals surface area contributed by atoms with Crippen LogP contribution in [-0.2, 0) is 4.74 Å². The second-order valence-electron chi connectivity index (χ2n) is 6.29. The van der Waals surface area contributed by atoms with Crippen molar-refractivity contribution in [3.63, 3.8) is 0 Å². The molecule has 3 heteroatoms. The fourth-order valence-electron chi connectivity index (χ4n) is 3.04. The summed E-state index contributed by atoms with van der Waals surface area (Å²) in [4.78, 5) is 2.54. The quantitative estimate of drug-likeness (QED) is 0.775. The van der Waals surface area contributed by atoms with Crippen molar-refractivity contribution in [3.05, 3.63) is 0 Å². The van der Waals surface area contributed by atoms with E-state index in [0.29, 0.717) is 0 Å². The summed E-state index contributed by atoms with van der Waals surface area (Å²) in [5, 5.41) is 0. The molecule has 3 nitrogen and oxygen atoms in total. The average Bonchev–Trinajstić information content (AvgIpc) is 2.43. The topological polar surface area (TPSA) is 38.5 Å². The number of hydrogen-bond acceptors (Lipinski definition) is 3. The maximum absolute atomic E-state index is 6.41. The standard InChI is InChI=1S/C13H26N2O/c1-12(2)11(4-5-13(12,3)14)10-15-6-8-16-9-7-15/h11H,4-10,14H2,1-3H3/t11-,13-/m1/s1. The lowest BCUT2D eigenvalue weighted by molar-refractivity contribution is 0.0182. The fourth-order valence-corrected chi connectivity index (χ4v) is 3.04. The molecule has 0 aromatic heterocycles. The van der Waals surface area contributed by atoms with E-state index in [1.807, 2.05) is 0 Å². The van der Waals surface area contributed by atoms with Crippen LogP contribution in [0.2, 0.25) is 0 Å². The lowest BCUT2D eigenvalue weighted by Gasteiger charge is -2.41. The molecule has 0 amide bonds. The molecule has 1 aliphatic carbocycles. The van der Waals surface area contributed by atoms with Crippen molar-refractivity contribution >= 4 is 0 Å². The van der Waals surface area contributed by atoms with Crippen LogP contribution in [0.5, 0.6) is 0 Å². The molecule has 2 fully saturated rings. The highest BCUT2D eigenvalue weighted by molar-refractivity contribution is 5.04. The minimum absolute atomic E-state index is 0.00392.